The number of hydrogen-bond acceptors (Lipinski definition) is 2. The molecule has 0 saturated heterocycles. The summed E-state index contributed by atoms with van der Waals surface area (Å²) in [6.07, 6.45) is 9.17. The molecule has 1 aliphatic carbocycles. The minimum Gasteiger partial charge on any atom is -0.282 e. The Hall–Kier alpha value is 0.270. The lowest BCUT2D eigenvalue weighted by molar-refractivity contribution is 0.114. The van der Waals surface area contributed by atoms with Crippen molar-refractivity contribution in [2.75, 3.05) is 6.26 Å². The molecule has 20 heavy (non-hydrogen) atoms. The third-order valence-corrected chi connectivity index (χ3v) is 6.59. The van der Waals surface area contributed by atoms with E-state index in [2.05, 4.69) is 54.7 Å². The molecule has 0 N–H and O–H groups in total. The van der Waals surface area contributed by atoms with Gasteiger partial charge >= 0.3 is 0 Å². The zero-order chi connectivity index (χ0) is 15.8. The van der Waals surface area contributed by atoms with Crippen molar-refractivity contribution in [1.29, 1.82) is 0 Å². The van der Waals surface area contributed by atoms with Crippen molar-refractivity contribution < 1.29 is 8.37 Å². The van der Waals surface area contributed by atoms with Gasteiger partial charge in [-0.3, -0.25) is 8.37 Å². The lowest BCUT2D eigenvalue weighted by Crippen LogP contribution is -2.28. The van der Waals surface area contributed by atoms with E-state index < -0.39 is 10.6 Å². The third kappa shape index (κ3) is 7.90. The van der Waals surface area contributed by atoms with Gasteiger partial charge in [-0.05, 0) is 46.5 Å². The van der Waals surface area contributed by atoms with Crippen LogP contribution in [0.2, 0.25) is 0 Å². The van der Waals surface area contributed by atoms with E-state index in [1.807, 2.05) is 0 Å². The third-order valence-electron chi connectivity index (χ3n) is 3.46. The number of hydrogen-bond donors (Lipinski definition) is 0. The van der Waals surface area contributed by atoms with Crippen molar-refractivity contribution in [3.63, 3.8) is 0 Å². The van der Waals surface area contributed by atoms with Gasteiger partial charge in [-0.15, -0.1) is 0 Å². The summed E-state index contributed by atoms with van der Waals surface area (Å²) in [5.74, 6) is 0.809. The molecule has 0 amide bonds. The average molecular weight is 307 g/mol. The summed E-state index contributed by atoms with van der Waals surface area (Å²) >= 11 is 0. The molecule has 0 radical (unpaired) electrons. The zero-order valence-electron chi connectivity index (χ0n) is 15.1. The normalized spacial score (nSPS) is 27.7. The minimum atomic E-state index is -1.38. The molecule has 1 aliphatic rings. The Labute approximate surface area is 129 Å². The Morgan fingerprint density at radius 1 is 1.10 bits per heavy atom. The van der Waals surface area contributed by atoms with E-state index in [4.69, 9.17) is 8.37 Å². The Bertz CT molecular complexity index is 243. The van der Waals surface area contributed by atoms with E-state index in [1.54, 1.807) is 0 Å². The molecule has 1 fully saturated rings. The van der Waals surface area contributed by atoms with Crippen molar-refractivity contribution in [2.24, 2.45) is 5.92 Å². The molecule has 0 spiro atoms. The Morgan fingerprint density at radius 3 is 2.05 bits per heavy atom. The summed E-state index contributed by atoms with van der Waals surface area (Å²) in [4.78, 5) is 0. The molecule has 2 nitrogen and oxygen atoms in total. The maximum absolute atomic E-state index is 6.38. The maximum atomic E-state index is 6.38. The van der Waals surface area contributed by atoms with Gasteiger partial charge in [-0.1, -0.05) is 40.0 Å². The van der Waals surface area contributed by atoms with Gasteiger partial charge < -0.3 is 0 Å². The van der Waals surface area contributed by atoms with Gasteiger partial charge in [-0.25, -0.2) is 0 Å². The Balaban J connectivity index is 0.00000110. The largest absolute Gasteiger partial charge is 0.282 e. The zero-order valence-corrected chi connectivity index (χ0v) is 15.9. The van der Waals surface area contributed by atoms with Crippen LogP contribution in [0.1, 0.15) is 80.6 Å². The fourth-order valence-corrected chi connectivity index (χ4v) is 4.33. The van der Waals surface area contributed by atoms with E-state index in [9.17, 15) is 0 Å². The lowest BCUT2D eigenvalue weighted by atomic mass is 9.89. The van der Waals surface area contributed by atoms with Crippen LogP contribution in [0, 0.1) is 5.92 Å². The van der Waals surface area contributed by atoms with Crippen LogP contribution >= 0.6 is 10.6 Å². The molecule has 3 heteroatoms. The second-order valence-corrected chi connectivity index (χ2v) is 9.71. The summed E-state index contributed by atoms with van der Waals surface area (Å²) in [7, 11) is -1.38. The topological polar surface area (TPSA) is 18.5 Å². The molecule has 124 valence electrons. The monoisotopic (exact) mass is 306 g/mol. The molecule has 1 saturated carbocycles. The lowest BCUT2D eigenvalue weighted by Gasteiger charge is -2.47. The van der Waals surface area contributed by atoms with Crippen LogP contribution in [-0.2, 0) is 8.37 Å². The SMILES string of the molecule is CC1CCCC(OS(C)(OC(C)C)C(C)C)C1.CCC. The highest BCUT2D eigenvalue weighted by Crippen LogP contribution is 2.54. The van der Waals surface area contributed by atoms with Crippen LogP contribution in [0.15, 0.2) is 0 Å². The summed E-state index contributed by atoms with van der Waals surface area (Å²) in [5.41, 5.74) is 0. The van der Waals surface area contributed by atoms with Crippen molar-refractivity contribution in [1.82, 2.24) is 0 Å². The van der Waals surface area contributed by atoms with Crippen LogP contribution in [-0.4, -0.2) is 23.7 Å². The second kappa shape index (κ2) is 10.1. The molecule has 0 aromatic rings. The molecule has 3 unspecified atom stereocenters. The Morgan fingerprint density at radius 2 is 1.65 bits per heavy atom. The van der Waals surface area contributed by atoms with E-state index in [0.29, 0.717) is 11.4 Å². The van der Waals surface area contributed by atoms with Crippen LogP contribution < -0.4 is 0 Å². The first kappa shape index (κ1) is 20.3. The quantitative estimate of drug-likeness (QED) is 0.611. The van der Waals surface area contributed by atoms with Gasteiger partial charge in [-0.2, -0.15) is 10.6 Å². The first-order valence-corrected chi connectivity index (χ1v) is 10.3. The molecule has 0 aromatic heterocycles. The fraction of sp³-hybridized carbons (Fsp3) is 1.00. The molecule has 1 rings (SSSR count). The standard InChI is InChI=1S/C14H30O2S.C3H8/c1-11(2)15-17(6,12(3)4)16-14-9-7-8-13(5)10-14;1-3-2/h11-14H,7-10H2,1-6H3;3H2,1-2H3. The van der Waals surface area contributed by atoms with E-state index >= 15 is 0 Å². The molecule has 3 atom stereocenters. The summed E-state index contributed by atoms with van der Waals surface area (Å²) in [6.45, 7) is 15.2. The van der Waals surface area contributed by atoms with Crippen molar-refractivity contribution in [2.45, 2.75) is 98.0 Å². The van der Waals surface area contributed by atoms with Crippen LogP contribution in [0.25, 0.3) is 0 Å². The van der Waals surface area contributed by atoms with Gasteiger partial charge in [0.2, 0.25) is 0 Å². The summed E-state index contributed by atoms with van der Waals surface area (Å²) in [6, 6.07) is 0. The minimum absolute atomic E-state index is 0.249. The van der Waals surface area contributed by atoms with Gasteiger partial charge in [0.05, 0.1) is 12.2 Å². The van der Waals surface area contributed by atoms with Gasteiger partial charge in [0, 0.05) is 11.5 Å². The average Bonchev–Trinajstić information content (AvgIpc) is 2.28. The van der Waals surface area contributed by atoms with Crippen LogP contribution in [0.5, 0.6) is 0 Å². The summed E-state index contributed by atoms with van der Waals surface area (Å²) < 4.78 is 12.5. The smallest absolute Gasteiger partial charge is 0.0824 e. The van der Waals surface area contributed by atoms with E-state index in [1.165, 1.54) is 32.1 Å². The van der Waals surface area contributed by atoms with Crippen molar-refractivity contribution in [3.8, 4) is 0 Å². The fourth-order valence-electron chi connectivity index (χ4n) is 2.36. The number of rotatable bonds is 5. The highest BCUT2D eigenvalue weighted by atomic mass is 32.3. The van der Waals surface area contributed by atoms with E-state index in [-0.39, 0.29) is 6.10 Å². The molecule has 0 aromatic carbocycles. The van der Waals surface area contributed by atoms with Crippen LogP contribution in [0.4, 0.5) is 0 Å². The first-order valence-electron chi connectivity index (χ1n) is 8.38. The molecule has 0 aliphatic heterocycles. The molecular weight excluding hydrogens is 268 g/mol. The first-order chi connectivity index (χ1) is 9.25. The highest BCUT2D eigenvalue weighted by Gasteiger charge is 2.28. The Kier molecular flexibility index (Phi) is 10.2. The van der Waals surface area contributed by atoms with Gasteiger partial charge in [0.25, 0.3) is 0 Å². The van der Waals surface area contributed by atoms with Gasteiger partial charge in [0.15, 0.2) is 0 Å². The molecular formula is C17H38O2S. The second-order valence-electron chi connectivity index (χ2n) is 6.72. The predicted molar refractivity (Wildman–Crippen MR) is 93.3 cm³/mol. The summed E-state index contributed by atoms with van der Waals surface area (Å²) in [5, 5.41) is 0.460. The van der Waals surface area contributed by atoms with Gasteiger partial charge in [0.1, 0.15) is 0 Å². The van der Waals surface area contributed by atoms with Crippen molar-refractivity contribution in [3.05, 3.63) is 0 Å². The maximum Gasteiger partial charge on any atom is 0.0824 e. The van der Waals surface area contributed by atoms with Crippen LogP contribution in [0.3, 0.4) is 0 Å². The molecule has 0 heterocycles. The molecule has 0 bridgehead atoms. The van der Waals surface area contributed by atoms with E-state index in [0.717, 1.165) is 5.92 Å². The highest BCUT2D eigenvalue weighted by molar-refractivity contribution is 8.25. The van der Waals surface area contributed by atoms with Crippen molar-refractivity contribution >= 4 is 10.6 Å². The predicted octanol–water partition coefficient (Wildman–Crippen LogP) is 6.10.